The zero-order chi connectivity index (χ0) is 48.7. The van der Waals surface area contributed by atoms with Gasteiger partial charge in [0, 0.05) is 36.2 Å². The first-order chi connectivity index (χ1) is 31.4. The van der Waals surface area contributed by atoms with Gasteiger partial charge in [0.2, 0.25) is 27.4 Å². The number of nitrogens with zero attached hydrogens (tertiary/aromatic N) is 3. The molecule has 3 N–H and O–H groups in total. The van der Waals surface area contributed by atoms with Crippen LogP contribution in [0.3, 0.4) is 0 Å². The quantitative estimate of drug-likeness (QED) is 0.164. The van der Waals surface area contributed by atoms with Gasteiger partial charge in [-0.05, 0) is 121 Å². The van der Waals surface area contributed by atoms with Gasteiger partial charge in [-0.15, -0.1) is 0 Å². The van der Waals surface area contributed by atoms with E-state index >= 15 is 4.79 Å². The van der Waals surface area contributed by atoms with E-state index < -0.39 is 85.9 Å². The van der Waals surface area contributed by atoms with Gasteiger partial charge in [-0.25, -0.2) is 18.2 Å². The first kappa shape index (κ1) is 49.2. The molecule has 2 saturated carbocycles. The van der Waals surface area contributed by atoms with Crippen LogP contribution in [-0.2, 0) is 29.1 Å². The highest BCUT2D eigenvalue weighted by atomic mass is 32.2. The molecule has 19 heteroatoms. The van der Waals surface area contributed by atoms with Gasteiger partial charge < -0.3 is 29.7 Å². The number of carbonyl (C=O) groups is 4. The number of fused-ring (bicyclic) bond motifs is 2. The molecule has 4 amide bonds. The summed E-state index contributed by atoms with van der Waals surface area (Å²) in [5, 5.41) is 5.24. The lowest BCUT2D eigenvalue weighted by atomic mass is 9.88. The average Bonchev–Trinajstić information content (AvgIpc) is 4.14. The fourth-order valence-corrected chi connectivity index (χ4v) is 9.89. The molecule has 15 nitrogen and oxygen atoms in total. The van der Waals surface area contributed by atoms with E-state index in [2.05, 4.69) is 20.3 Å². The summed E-state index contributed by atoms with van der Waals surface area (Å²) in [5.74, 6) is -2.79. The summed E-state index contributed by atoms with van der Waals surface area (Å²) < 4.78 is 86.7. The van der Waals surface area contributed by atoms with Crippen molar-refractivity contribution in [1.29, 1.82) is 0 Å². The second-order valence-corrected chi connectivity index (χ2v) is 21.7. The number of amides is 4. The maximum absolute atomic E-state index is 15.0. The predicted molar refractivity (Wildman–Crippen MR) is 242 cm³/mol. The smallest absolute Gasteiger partial charge is 0.427 e. The van der Waals surface area contributed by atoms with E-state index in [1.807, 2.05) is 57.2 Å². The van der Waals surface area contributed by atoms with Crippen molar-refractivity contribution in [3.8, 4) is 34.1 Å². The zero-order valence-corrected chi connectivity index (χ0v) is 39.5. The van der Waals surface area contributed by atoms with Crippen molar-refractivity contribution in [3.63, 3.8) is 0 Å². The maximum atomic E-state index is 15.0. The number of pyridine rings is 2. The number of benzene rings is 1. The first-order valence-electron chi connectivity index (χ1n) is 22.7. The normalized spacial score (nSPS) is 27.0. The van der Waals surface area contributed by atoms with Crippen molar-refractivity contribution in [1.82, 2.24) is 30.2 Å². The highest BCUT2D eigenvalue weighted by Gasteiger charge is 2.63. The van der Waals surface area contributed by atoms with Crippen LogP contribution < -0.4 is 24.8 Å². The highest BCUT2D eigenvalue weighted by molar-refractivity contribution is 7.91. The number of sulfonamides is 1. The molecule has 2 aliphatic heterocycles. The Hall–Kier alpha value is -5.72. The number of alkyl carbamates (subject to hydrolysis) is 1. The van der Waals surface area contributed by atoms with Crippen LogP contribution in [0.2, 0.25) is 0 Å². The Morgan fingerprint density at radius 1 is 0.970 bits per heavy atom. The van der Waals surface area contributed by atoms with Crippen molar-refractivity contribution in [2.75, 3.05) is 6.54 Å². The van der Waals surface area contributed by atoms with Crippen LogP contribution in [0.25, 0.3) is 22.6 Å². The van der Waals surface area contributed by atoms with Crippen LogP contribution in [0.15, 0.2) is 72.9 Å². The Bertz CT molecular complexity index is 2480. The Labute approximate surface area is 389 Å². The standard InChI is InChI=1S/C48H59F3N6O9S/c1-28(2)64-33-17-15-31(16-18-33)37-23-34(24-38(53-37)36-14-10-11-21-52-36)65-35-25-39-41(58)55-47(43(60)56-67(62,63)46(7)19-20-46)26-32(47)13-9-8-12-29(3)22-30(4)40(42(59)57(39)27-35)54-44(61)66-45(5,6)48(49,50)51/h9-11,13-18,21,23-24,28-30,32,35,39-40H,8,12,19-20,22,25-27H2,1-7H3,(H,54,61)(H,55,58)(H,56,60)/b13-9-/t29-,30-,32-,35-,39+,40+,47-/m1/s1. The predicted octanol–water partition coefficient (Wildman–Crippen LogP) is 7.27. The highest BCUT2D eigenvalue weighted by Crippen LogP contribution is 2.48. The van der Waals surface area contributed by atoms with E-state index in [0.717, 1.165) is 5.56 Å². The molecular weight excluding hydrogens is 894 g/mol. The summed E-state index contributed by atoms with van der Waals surface area (Å²) in [6.45, 7) is 10.2. The molecule has 1 saturated heterocycles. The SMILES string of the molecule is CC(C)Oc1ccc(-c2cc(O[C@@H]3C[C@H]4C(=O)N[C@]5(C(=O)NS(=O)(=O)C6(C)CC6)C[C@H]5/C=C\CC[C@@H](C)C[C@@H](C)[C@H](NC(=O)OC(C)(C)C(F)(F)F)C(=O)N4C3)cc(-c3ccccn3)n2)cc1. The minimum Gasteiger partial charge on any atom is -0.491 e. The van der Waals surface area contributed by atoms with E-state index in [0.29, 0.717) is 74.5 Å². The van der Waals surface area contributed by atoms with Gasteiger partial charge in [0.15, 0.2) is 0 Å². The van der Waals surface area contributed by atoms with Crippen LogP contribution >= 0.6 is 0 Å². The van der Waals surface area contributed by atoms with E-state index in [-0.39, 0.29) is 31.4 Å². The summed E-state index contributed by atoms with van der Waals surface area (Å²) in [5.41, 5.74) is -2.34. The maximum Gasteiger partial charge on any atom is 0.427 e. The van der Waals surface area contributed by atoms with Crippen molar-refractivity contribution < 1.29 is 55.0 Å². The molecule has 67 heavy (non-hydrogen) atoms. The molecule has 2 aliphatic carbocycles. The van der Waals surface area contributed by atoms with Crippen LogP contribution in [-0.4, -0.2) is 100 Å². The second-order valence-electron chi connectivity index (χ2n) is 19.5. The van der Waals surface area contributed by atoms with E-state index in [1.54, 1.807) is 43.5 Å². The number of allylic oxidation sites excluding steroid dienone is 1. The van der Waals surface area contributed by atoms with Gasteiger partial charge in [0.25, 0.3) is 5.91 Å². The topological polar surface area (TPSA) is 195 Å². The van der Waals surface area contributed by atoms with Crippen LogP contribution in [0.4, 0.5) is 18.0 Å². The minimum atomic E-state index is -4.93. The summed E-state index contributed by atoms with van der Waals surface area (Å²) >= 11 is 0. The number of hydrogen-bond acceptors (Lipinski definition) is 11. The molecule has 3 aromatic rings. The summed E-state index contributed by atoms with van der Waals surface area (Å²) in [4.78, 5) is 67.7. The molecule has 1 aromatic carbocycles. The van der Waals surface area contributed by atoms with Gasteiger partial charge in [0.1, 0.15) is 35.2 Å². The van der Waals surface area contributed by atoms with Crippen molar-refractivity contribution >= 4 is 33.8 Å². The zero-order valence-electron chi connectivity index (χ0n) is 38.7. The molecule has 0 unspecified atom stereocenters. The number of hydrogen-bond donors (Lipinski definition) is 3. The van der Waals surface area contributed by atoms with Gasteiger partial charge in [0.05, 0.1) is 34.5 Å². The lowest BCUT2D eigenvalue weighted by molar-refractivity contribution is -0.244. The minimum absolute atomic E-state index is 0.0449. The molecule has 0 radical (unpaired) electrons. The molecular formula is C48H59F3N6O9S. The van der Waals surface area contributed by atoms with Gasteiger partial charge >= 0.3 is 12.3 Å². The molecule has 4 aliphatic rings. The summed E-state index contributed by atoms with van der Waals surface area (Å²) in [6.07, 6.45) is 0.105. The van der Waals surface area contributed by atoms with Crippen LogP contribution in [0, 0.1) is 17.8 Å². The number of alkyl halides is 3. The molecule has 3 fully saturated rings. The monoisotopic (exact) mass is 952 g/mol. The first-order valence-corrected chi connectivity index (χ1v) is 24.2. The Kier molecular flexibility index (Phi) is 13.8. The lowest BCUT2D eigenvalue weighted by Crippen LogP contribution is -2.59. The Morgan fingerprint density at radius 2 is 1.67 bits per heavy atom. The molecule has 7 rings (SSSR count). The van der Waals surface area contributed by atoms with Gasteiger partial charge in [-0.2, -0.15) is 13.2 Å². The van der Waals surface area contributed by atoms with Gasteiger partial charge in [-0.3, -0.25) is 24.1 Å². The number of carbonyl (C=O) groups excluding carboxylic acids is 4. The fourth-order valence-electron chi connectivity index (χ4n) is 8.58. The molecule has 2 aromatic heterocycles. The lowest BCUT2D eigenvalue weighted by Gasteiger charge is -2.34. The summed E-state index contributed by atoms with van der Waals surface area (Å²) in [7, 11) is -4.11. The fraction of sp³-hybridized carbons (Fsp3) is 0.542. The number of ether oxygens (including phenoxy) is 3. The van der Waals surface area contributed by atoms with E-state index in [4.69, 9.17) is 19.2 Å². The molecule has 0 spiro atoms. The van der Waals surface area contributed by atoms with Gasteiger partial charge in [-0.1, -0.05) is 32.1 Å². The third-order valence-electron chi connectivity index (χ3n) is 13.1. The molecule has 0 bridgehead atoms. The number of nitrogens with one attached hydrogen (secondary N) is 3. The molecule has 362 valence electrons. The number of aromatic nitrogens is 2. The largest absolute Gasteiger partial charge is 0.491 e. The van der Waals surface area contributed by atoms with Crippen molar-refractivity contribution in [3.05, 3.63) is 72.9 Å². The Balaban J connectivity index is 1.25. The third kappa shape index (κ3) is 11.0. The van der Waals surface area contributed by atoms with Crippen molar-refractivity contribution in [2.45, 2.75) is 140 Å². The second kappa shape index (κ2) is 18.8. The molecule has 7 atom stereocenters. The molecule has 4 heterocycles. The average molecular weight is 953 g/mol. The number of halogens is 3. The summed E-state index contributed by atoms with van der Waals surface area (Å²) in [6, 6.07) is 13.2. The van der Waals surface area contributed by atoms with E-state index in [1.165, 1.54) is 11.8 Å². The van der Waals surface area contributed by atoms with Crippen LogP contribution in [0.1, 0.15) is 93.4 Å². The van der Waals surface area contributed by atoms with Crippen LogP contribution in [0.5, 0.6) is 11.5 Å². The Morgan fingerprint density at radius 3 is 2.31 bits per heavy atom. The third-order valence-corrected chi connectivity index (χ3v) is 15.3. The number of rotatable bonds is 11. The van der Waals surface area contributed by atoms with E-state index in [9.17, 15) is 36.0 Å². The van der Waals surface area contributed by atoms with Crippen molar-refractivity contribution in [2.24, 2.45) is 17.8 Å².